The Hall–Kier alpha value is -2.45. The van der Waals surface area contributed by atoms with Crippen molar-refractivity contribution in [2.24, 2.45) is 0 Å². The Bertz CT molecular complexity index is 620. The largest absolute Gasteiger partial charge is 0.463 e. The maximum absolute atomic E-state index is 11.6. The van der Waals surface area contributed by atoms with Crippen molar-refractivity contribution in [2.45, 2.75) is 19.3 Å². The van der Waals surface area contributed by atoms with Crippen LogP contribution in [0.5, 0.6) is 0 Å². The third-order valence-corrected chi connectivity index (χ3v) is 4.05. The second-order valence-corrected chi connectivity index (χ2v) is 6.34. The third-order valence-electron chi connectivity index (χ3n) is 4.05. The SMILES string of the molecule is C=C1CC(COC(=O)/C=C/C(=O)OCCCCN2CCOCC2)=CC(=O)N1. The summed E-state index contributed by atoms with van der Waals surface area (Å²) in [5.41, 5.74) is 1.20. The molecule has 0 spiro atoms. The van der Waals surface area contributed by atoms with Gasteiger partial charge in [0.15, 0.2) is 0 Å². The number of allylic oxidation sites excluding steroid dienone is 1. The van der Waals surface area contributed by atoms with Crippen molar-refractivity contribution >= 4 is 17.8 Å². The normalized spacial score (nSPS) is 18.1. The van der Waals surface area contributed by atoms with Crippen LogP contribution in [-0.4, -0.2) is 68.8 Å². The Balaban J connectivity index is 1.55. The van der Waals surface area contributed by atoms with Crippen molar-refractivity contribution in [3.05, 3.63) is 36.1 Å². The van der Waals surface area contributed by atoms with Gasteiger partial charge in [0.05, 0.1) is 19.8 Å². The minimum Gasteiger partial charge on any atom is -0.463 e. The molecule has 2 aliphatic rings. The van der Waals surface area contributed by atoms with Crippen LogP contribution in [0.1, 0.15) is 19.3 Å². The summed E-state index contributed by atoms with van der Waals surface area (Å²) in [6, 6.07) is 0. The summed E-state index contributed by atoms with van der Waals surface area (Å²) in [6.07, 6.45) is 5.58. The second kappa shape index (κ2) is 11.3. The average Bonchev–Trinajstić information content (AvgIpc) is 2.64. The molecule has 0 saturated carbocycles. The van der Waals surface area contributed by atoms with Gasteiger partial charge in [-0.1, -0.05) is 6.58 Å². The molecule has 0 atom stereocenters. The number of ether oxygens (including phenoxy) is 3. The summed E-state index contributed by atoms with van der Waals surface area (Å²) in [4.78, 5) is 36.8. The number of carbonyl (C=O) groups excluding carboxylic acids is 3. The summed E-state index contributed by atoms with van der Waals surface area (Å²) in [6.45, 7) is 8.36. The standard InChI is InChI=1S/C19H26N2O6/c1-15-12-16(13-17(22)20-15)14-27-19(24)5-4-18(23)26-9-3-2-6-21-7-10-25-11-8-21/h4-5,13H,1-3,6-12,14H2,(H,20,22)/b5-4+. The number of unbranched alkanes of at least 4 members (excludes halogenated alkanes) is 1. The molecule has 0 aromatic carbocycles. The molecule has 8 heteroatoms. The molecule has 1 saturated heterocycles. The number of nitrogens with one attached hydrogen (secondary N) is 1. The van der Waals surface area contributed by atoms with Crippen LogP contribution in [-0.2, 0) is 28.6 Å². The van der Waals surface area contributed by atoms with E-state index in [4.69, 9.17) is 14.2 Å². The lowest BCUT2D eigenvalue weighted by atomic mass is 10.1. The molecule has 2 heterocycles. The first kappa shape index (κ1) is 20.9. The Labute approximate surface area is 158 Å². The summed E-state index contributed by atoms with van der Waals surface area (Å²) in [5, 5.41) is 2.55. The lowest BCUT2D eigenvalue weighted by molar-refractivity contribution is -0.140. The maximum atomic E-state index is 11.6. The lowest BCUT2D eigenvalue weighted by Gasteiger charge is -2.26. The number of carbonyl (C=O) groups is 3. The molecule has 2 rings (SSSR count). The Morgan fingerprint density at radius 1 is 1.19 bits per heavy atom. The number of amides is 1. The number of hydrogen-bond donors (Lipinski definition) is 1. The Morgan fingerprint density at radius 3 is 2.59 bits per heavy atom. The van der Waals surface area contributed by atoms with Gasteiger partial charge in [-0.15, -0.1) is 0 Å². The van der Waals surface area contributed by atoms with Gasteiger partial charge in [-0.25, -0.2) is 9.59 Å². The van der Waals surface area contributed by atoms with Gasteiger partial charge >= 0.3 is 11.9 Å². The van der Waals surface area contributed by atoms with Crippen LogP contribution in [0.2, 0.25) is 0 Å². The zero-order valence-electron chi connectivity index (χ0n) is 15.4. The van der Waals surface area contributed by atoms with E-state index in [2.05, 4.69) is 16.8 Å². The minimum atomic E-state index is -0.670. The minimum absolute atomic E-state index is 0.0216. The molecule has 148 valence electrons. The van der Waals surface area contributed by atoms with Crippen LogP contribution in [0.25, 0.3) is 0 Å². The van der Waals surface area contributed by atoms with Gasteiger partial charge in [0.2, 0.25) is 5.91 Å². The van der Waals surface area contributed by atoms with Gasteiger partial charge < -0.3 is 19.5 Å². The fourth-order valence-corrected chi connectivity index (χ4v) is 2.69. The average molecular weight is 378 g/mol. The highest BCUT2D eigenvalue weighted by atomic mass is 16.5. The molecule has 0 aromatic rings. The first-order valence-corrected chi connectivity index (χ1v) is 9.03. The van der Waals surface area contributed by atoms with Crippen molar-refractivity contribution in [2.75, 3.05) is 46.1 Å². The van der Waals surface area contributed by atoms with Crippen molar-refractivity contribution in [3.63, 3.8) is 0 Å². The van der Waals surface area contributed by atoms with Crippen molar-refractivity contribution in [1.82, 2.24) is 10.2 Å². The van der Waals surface area contributed by atoms with E-state index >= 15 is 0 Å². The molecule has 1 N–H and O–H groups in total. The lowest BCUT2D eigenvalue weighted by Crippen LogP contribution is -2.36. The zero-order chi connectivity index (χ0) is 19.5. The molecule has 0 aliphatic carbocycles. The smallest absolute Gasteiger partial charge is 0.331 e. The summed E-state index contributed by atoms with van der Waals surface area (Å²) >= 11 is 0. The summed E-state index contributed by atoms with van der Waals surface area (Å²) < 4.78 is 15.3. The van der Waals surface area contributed by atoms with E-state index in [0.29, 0.717) is 24.3 Å². The number of morpholine rings is 1. The molecule has 2 aliphatic heterocycles. The van der Waals surface area contributed by atoms with E-state index in [9.17, 15) is 14.4 Å². The molecule has 1 amide bonds. The quantitative estimate of drug-likeness (QED) is 0.359. The van der Waals surface area contributed by atoms with E-state index in [1.54, 1.807) is 0 Å². The summed E-state index contributed by atoms with van der Waals surface area (Å²) in [5.74, 6) is -1.54. The third kappa shape index (κ3) is 8.65. The number of nitrogens with zero attached hydrogens (tertiary/aromatic N) is 1. The van der Waals surface area contributed by atoms with E-state index in [-0.39, 0.29) is 12.5 Å². The molecule has 0 aromatic heterocycles. The van der Waals surface area contributed by atoms with Crippen LogP contribution < -0.4 is 5.32 Å². The highest BCUT2D eigenvalue weighted by Gasteiger charge is 2.13. The molecule has 27 heavy (non-hydrogen) atoms. The van der Waals surface area contributed by atoms with Gasteiger partial charge in [0, 0.05) is 43.4 Å². The van der Waals surface area contributed by atoms with Gasteiger partial charge in [0.1, 0.15) is 6.61 Å². The first-order valence-electron chi connectivity index (χ1n) is 9.03. The number of esters is 2. The second-order valence-electron chi connectivity index (χ2n) is 6.34. The molecular weight excluding hydrogens is 352 g/mol. The van der Waals surface area contributed by atoms with Gasteiger partial charge in [-0.2, -0.15) is 0 Å². The zero-order valence-corrected chi connectivity index (χ0v) is 15.4. The van der Waals surface area contributed by atoms with Crippen LogP contribution >= 0.6 is 0 Å². The van der Waals surface area contributed by atoms with Gasteiger partial charge in [-0.3, -0.25) is 9.69 Å². The maximum Gasteiger partial charge on any atom is 0.331 e. The monoisotopic (exact) mass is 378 g/mol. The number of rotatable bonds is 9. The Morgan fingerprint density at radius 2 is 1.89 bits per heavy atom. The molecular formula is C19H26N2O6. The molecule has 0 unspecified atom stereocenters. The molecule has 1 fully saturated rings. The van der Waals surface area contributed by atoms with E-state index in [1.165, 1.54) is 6.08 Å². The van der Waals surface area contributed by atoms with Crippen LogP contribution in [0, 0.1) is 0 Å². The predicted octanol–water partition coefficient (Wildman–Crippen LogP) is 0.701. The highest BCUT2D eigenvalue weighted by Crippen LogP contribution is 2.12. The fourth-order valence-electron chi connectivity index (χ4n) is 2.69. The fraction of sp³-hybridized carbons (Fsp3) is 0.526. The van der Waals surface area contributed by atoms with E-state index < -0.39 is 11.9 Å². The molecule has 0 bridgehead atoms. The van der Waals surface area contributed by atoms with Crippen LogP contribution in [0.3, 0.4) is 0 Å². The first-order chi connectivity index (χ1) is 13.0. The topological polar surface area (TPSA) is 94.2 Å². The van der Waals surface area contributed by atoms with Crippen LogP contribution in [0.4, 0.5) is 0 Å². The van der Waals surface area contributed by atoms with Gasteiger partial charge in [0.25, 0.3) is 0 Å². The van der Waals surface area contributed by atoms with Crippen molar-refractivity contribution in [3.8, 4) is 0 Å². The predicted molar refractivity (Wildman–Crippen MR) is 97.5 cm³/mol. The highest BCUT2D eigenvalue weighted by molar-refractivity contribution is 5.92. The molecule has 8 nitrogen and oxygen atoms in total. The summed E-state index contributed by atoms with van der Waals surface area (Å²) in [7, 11) is 0. The number of hydrogen-bond acceptors (Lipinski definition) is 7. The van der Waals surface area contributed by atoms with Crippen molar-refractivity contribution < 1.29 is 28.6 Å². The van der Waals surface area contributed by atoms with Crippen molar-refractivity contribution in [1.29, 1.82) is 0 Å². The Kier molecular flexibility index (Phi) is 8.73. The van der Waals surface area contributed by atoms with Gasteiger partial charge in [-0.05, 0) is 25.0 Å². The van der Waals surface area contributed by atoms with E-state index in [0.717, 1.165) is 57.8 Å². The van der Waals surface area contributed by atoms with E-state index in [1.807, 2.05) is 0 Å². The van der Waals surface area contributed by atoms with Crippen LogP contribution in [0.15, 0.2) is 36.1 Å². The molecule has 0 radical (unpaired) electrons.